The molecule has 0 aromatic heterocycles. The molecule has 2 fully saturated rings. The minimum atomic E-state index is -3.67. The quantitative estimate of drug-likeness (QED) is 0.801. The number of carbonyl (C=O) groups excluding carboxylic acids is 1. The standard InChI is InChI=1S/C18H25N3O5S/c1-19(2)27(25,26)14-5-6-16(20-8-3-4-9-20)15(11-14)17(22)21-10-7-13(12-21)18(23)24/h5-6,11,13H,3-4,7-10,12H2,1-2H3,(H,23,24). The molecule has 3 rings (SSSR count). The lowest BCUT2D eigenvalue weighted by atomic mass is 10.1. The number of anilines is 1. The fourth-order valence-corrected chi connectivity index (χ4v) is 4.54. The van der Waals surface area contributed by atoms with Crippen molar-refractivity contribution in [3.63, 3.8) is 0 Å². The Kier molecular flexibility index (Phi) is 5.43. The first kappa shape index (κ1) is 19.6. The van der Waals surface area contributed by atoms with Crippen LogP contribution in [0.2, 0.25) is 0 Å². The van der Waals surface area contributed by atoms with Crippen LogP contribution in [0.25, 0.3) is 0 Å². The largest absolute Gasteiger partial charge is 0.481 e. The van der Waals surface area contributed by atoms with Gasteiger partial charge in [-0.3, -0.25) is 9.59 Å². The molecule has 0 aliphatic carbocycles. The molecule has 0 saturated carbocycles. The summed E-state index contributed by atoms with van der Waals surface area (Å²) in [4.78, 5) is 28.0. The van der Waals surface area contributed by atoms with E-state index in [-0.39, 0.29) is 17.3 Å². The zero-order valence-electron chi connectivity index (χ0n) is 15.6. The van der Waals surface area contributed by atoms with Crippen molar-refractivity contribution in [1.29, 1.82) is 0 Å². The fourth-order valence-electron chi connectivity index (χ4n) is 3.61. The highest BCUT2D eigenvalue weighted by atomic mass is 32.2. The molecule has 0 spiro atoms. The molecule has 0 radical (unpaired) electrons. The fraction of sp³-hybridized carbons (Fsp3) is 0.556. The van der Waals surface area contributed by atoms with Gasteiger partial charge in [0.25, 0.3) is 5.91 Å². The summed E-state index contributed by atoms with van der Waals surface area (Å²) in [6.45, 7) is 2.15. The van der Waals surface area contributed by atoms with E-state index in [1.807, 2.05) is 0 Å². The van der Waals surface area contributed by atoms with E-state index in [0.29, 0.717) is 24.2 Å². The van der Waals surface area contributed by atoms with E-state index < -0.39 is 21.9 Å². The molecule has 1 aromatic carbocycles. The van der Waals surface area contributed by atoms with Gasteiger partial charge in [-0.25, -0.2) is 12.7 Å². The van der Waals surface area contributed by atoms with E-state index in [4.69, 9.17) is 0 Å². The van der Waals surface area contributed by atoms with E-state index in [0.717, 1.165) is 30.2 Å². The highest BCUT2D eigenvalue weighted by molar-refractivity contribution is 7.89. The van der Waals surface area contributed by atoms with Gasteiger partial charge in [-0.05, 0) is 37.5 Å². The third kappa shape index (κ3) is 3.79. The summed E-state index contributed by atoms with van der Waals surface area (Å²) >= 11 is 0. The number of benzene rings is 1. The number of nitrogens with zero attached hydrogens (tertiary/aromatic N) is 3. The second kappa shape index (κ2) is 7.47. The predicted octanol–water partition coefficient (Wildman–Crippen LogP) is 1.08. The molecule has 2 aliphatic heterocycles. The molecule has 1 amide bonds. The number of carboxylic acid groups (broad SMARTS) is 1. The van der Waals surface area contributed by atoms with Crippen molar-refractivity contribution in [3.8, 4) is 0 Å². The number of rotatable bonds is 5. The van der Waals surface area contributed by atoms with Crippen LogP contribution in [-0.4, -0.2) is 74.9 Å². The Hall–Kier alpha value is -2.13. The van der Waals surface area contributed by atoms with Crippen molar-refractivity contribution in [3.05, 3.63) is 23.8 Å². The van der Waals surface area contributed by atoms with E-state index in [2.05, 4.69) is 4.90 Å². The van der Waals surface area contributed by atoms with Crippen molar-refractivity contribution in [2.75, 3.05) is 45.2 Å². The Morgan fingerprint density at radius 2 is 1.81 bits per heavy atom. The lowest BCUT2D eigenvalue weighted by Gasteiger charge is -2.25. The molecule has 1 N–H and O–H groups in total. The van der Waals surface area contributed by atoms with Gasteiger partial charge in [-0.1, -0.05) is 0 Å². The zero-order valence-corrected chi connectivity index (χ0v) is 16.4. The third-order valence-electron chi connectivity index (χ3n) is 5.25. The van der Waals surface area contributed by atoms with E-state index in [1.165, 1.54) is 31.1 Å². The van der Waals surface area contributed by atoms with Crippen molar-refractivity contribution in [1.82, 2.24) is 9.21 Å². The maximum atomic E-state index is 13.1. The molecule has 2 aliphatic rings. The van der Waals surface area contributed by atoms with E-state index in [1.54, 1.807) is 6.07 Å². The Morgan fingerprint density at radius 3 is 2.37 bits per heavy atom. The molecule has 148 valence electrons. The summed E-state index contributed by atoms with van der Waals surface area (Å²) in [6.07, 6.45) is 2.46. The molecule has 1 atom stereocenters. The highest BCUT2D eigenvalue weighted by Crippen LogP contribution is 2.30. The van der Waals surface area contributed by atoms with Crippen LogP contribution < -0.4 is 4.90 Å². The Balaban J connectivity index is 1.99. The van der Waals surface area contributed by atoms with Crippen molar-refractivity contribution in [2.45, 2.75) is 24.2 Å². The van der Waals surface area contributed by atoms with Gasteiger partial charge in [0, 0.05) is 46.0 Å². The number of aliphatic carboxylic acids is 1. The van der Waals surface area contributed by atoms with Gasteiger partial charge in [0.1, 0.15) is 0 Å². The van der Waals surface area contributed by atoms with E-state index >= 15 is 0 Å². The van der Waals surface area contributed by atoms with Gasteiger partial charge >= 0.3 is 5.97 Å². The maximum absolute atomic E-state index is 13.1. The first-order chi connectivity index (χ1) is 12.7. The van der Waals surface area contributed by atoms with Gasteiger partial charge in [-0.15, -0.1) is 0 Å². The summed E-state index contributed by atoms with van der Waals surface area (Å²) in [5, 5.41) is 9.19. The summed E-state index contributed by atoms with van der Waals surface area (Å²) in [5.41, 5.74) is 1.04. The maximum Gasteiger partial charge on any atom is 0.308 e. The van der Waals surface area contributed by atoms with Crippen molar-refractivity contribution >= 4 is 27.6 Å². The van der Waals surface area contributed by atoms with Gasteiger partial charge in [0.2, 0.25) is 10.0 Å². The molecule has 1 aromatic rings. The molecule has 27 heavy (non-hydrogen) atoms. The highest BCUT2D eigenvalue weighted by Gasteiger charge is 2.33. The minimum absolute atomic E-state index is 0.0628. The molecular formula is C18H25N3O5S. The van der Waals surface area contributed by atoms with Gasteiger partial charge in [0.05, 0.1) is 16.4 Å². The monoisotopic (exact) mass is 395 g/mol. The predicted molar refractivity (Wildman–Crippen MR) is 100 cm³/mol. The van der Waals surface area contributed by atoms with Crippen LogP contribution in [0.4, 0.5) is 5.69 Å². The first-order valence-corrected chi connectivity index (χ1v) is 10.5. The Bertz CT molecular complexity index is 847. The van der Waals surface area contributed by atoms with E-state index in [9.17, 15) is 23.1 Å². The van der Waals surface area contributed by atoms with Gasteiger partial charge < -0.3 is 14.9 Å². The molecule has 9 heteroatoms. The number of likely N-dealkylation sites (tertiary alicyclic amines) is 1. The van der Waals surface area contributed by atoms with Crippen LogP contribution in [-0.2, 0) is 14.8 Å². The normalized spacial score (nSPS) is 20.5. The number of amides is 1. The smallest absolute Gasteiger partial charge is 0.308 e. The number of carbonyl (C=O) groups is 2. The topological polar surface area (TPSA) is 98.2 Å². The molecule has 0 bridgehead atoms. The number of sulfonamides is 1. The summed E-state index contributed by atoms with van der Waals surface area (Å²) in [7, 11) is -0.776. The van der Waals surface area contributed by atoms with Crippen molar-refractivity contribution < 1.29 is 23.1 Å². The average Bonchev–Trinajstić information content (AvgIpc) is 3.32. The Labute approximate surface area is 159 Å². The van der Waals surface area contributed by atoms with Crippen molar-refractivity contribution in [2.24, 2.45) is 5.92 Å². The average molecular weight is 395 g/mol. The number of hydrogen-bond donors (Lipinski definition) is 1. The molecule has 2 heterocycles. The van der Waals surface area contributed by atoms with Gasteiger partial charge in [0.15, 0.2) is 0 Å². The summed E-state index contributed by atoms with van der Waals surface area (Å²) < 4.78 is 26.1. The van der Waals surface area contributed by atoms with Crippen LogP contribution in [0.5, 0.6) is 0 Å². The molecular weight excluding hydrogens is 370 g/mol. The molecule has 2 saturated heterocycles. The second-order valence-corrected chi connectivity index (χ2v) is 9.39. The summed E-state index contributed by atoms with van der Waals surface area (Å²) in [6, 6.07) is 4.66. The zero-order chi connectivity index (χ0) is 19.8. The van der Waals surface area contributed by atoms with Crippen LogP contribution in [0.15, 0.2) is 23.1 Å². The third-order valence-corrected chi connectivity index (χ3v) is 7.06. The Morgan fingerprint density at radius 1 is 1.15 bits per heavy atom. The van der Waals surface area contributed by atoms with Gasteiger partial charge in [-0.2, -0.15) is 0 Å². The molecule has 1 unspecified atom stereocenters. The minimum Gasteiger partial charge on any atom is -0.481 e. The number of hydrogen-bond acceptors (Lipinski definition) is 5. The lowest BCUT2D eigenvalue weighted by Crippen LogP contribution is -2.32. The molecule has 8 nitrogen and oxygen atoms in total. The van der Waals surface area contributed by atoms with Crippen LogP contribution in [0, 0.1) is 5.92 Å². The SMILES string of the molecule is CN(C)S(=O)(=O)c1ccc(N2CCCC2)c(C(=O)N2CCC(C(=O)O)C2)c1. The lowest BCUT2D eigenvalue weighted by molar-refractivity contribution is -0.141. The second-order valence-electron chi connectivity index (χ2n) is 7.24. The van der Waals surface area contributed by atoms with Crippen LogP contribution >= 0.6 is 0 Å². The first-order valence-electron chi connectivity index (χ1n) is 9.05. The number of carboxylic acids is 1. The van der Waals surface area contributed by atoms with Crippen LogP contribution in [0.1, 0.15) is 29.6 Å². The van der Waals surface area contributed by atoms with Crippen LogP contribution in [0.3, 0.4) is 0 Å². The summed E-state index contributed by atoms with van der Waals surface area (Å²) in [5.74, 6) is -1.79.